The van der Waals surface area contributed by atoms with Gasteiger partial charge in [-0.3, -0.25) is 0 Å². The molecule has 1 aromatic rings. The Hall–Kier alpha value is -2.63. The van der Waals surface area contributed by atoms with Gasteiger partial charge in [0.15, 0.2) is 0 Å². The summed E-state index contributed by atoms with van der Waals surface area (Å²) in [5, 5.41) is 17.5. The summed E-state index contributed by atoms with van der Waals surface area (Å²) in [5.74, 6) is -3.05. The molecule has 0 aliphatic heterocycles. The summed E-state index contributed by atoms with van der Waals surface area (Å²) in [4.78, 5) is 33.2. The van der Waals surface area contributed by atoms with Gasteiger partial charge >= 0.3 is 17.9 Å². The molecule has 0 spiro atoms. The highest BCUT2D eigenvalue weighted by molar-refractivity contribution is 6.02. The van der Waals surface area contributed by atoms with Gasteiger partial charge in [0.05, 0.1) is 17.7 Å². The molecule has 0 radical (unpaired) electrons. The smallest absolute Gasteiger partial charge is 0.339 e. The molecule has 0 unspecified atom stereocenters. The average molecular weight is 278 g/mol. The third kappa shape index (κ3) is 4.24. The number of esters is 1. The number of hydrogen-bond acceptors (Lipinski definition) is 4. The van der Waals surface area contributed by atoms with Crippen LogP contribution in [0, 0.1) is 0 Å². The van der Waals surface area contributed by atoms with E-state index in [9.17, 15) is 14.4 Å². The minimum absolute atomic E-state index is 0.000906. The van der Waals surface area contributed by atoms with Crippen molar-refractivity contribution in [1.82, 2.24) is 0 Å². The minimum atomic E-state index is -1.21. The van der Waals surface area contributed by atoms with Gasteiger partial charge in [0.1, 0.15) is 0 Å². The van der Waals surface area contributed by atoms with Crippen molar-refractivity contribution in [1.29, 1.82) is 0 Å². The zero-order valence-corrected chi connectivity index (χ0v) is 10.7. The number of rotatable bonds is 7. The predicted octanol–water partition coefficient (Wildman–Crippen LogP) is 1.96. The third-order valence-corrected chi connectivity index (χ3v) is 2.54. The van der Waals surface area contributed by atoms with Gasteiger partial charge in [0.2, 0.25) is 0 Å². The normalized spacial score (nSPS) is 9.80. The van der Waals surface area contributed by atoms with E-state index in [0.717, 1.165) is 0 Å². The quantitative estimate of drug-likeness (QED) is 0.449. The second-order valence-corrected chi connectivity index (χ2v) is 4.00. The van der Waals surface area contributed by atoms with Crippen molar-refractivity contribution in [3.05, 3.63) is 47.5 Å². The first-order valence-electron chi connectivity index (χ1n) is 5.84. The SMILES string of the molecule is C=C(CCCOC(=O)c1ccccc1C(=O)O)C(=O)O. The Kier molecular flexibility index (Phi) is 5.46. The minimum Gasteiger partial charge on any atom is -0.478 e. The molecule has 0 heterocycles. The van der Waals surface area contributed by atoms with E-state index in [4.69, 9.17) is 14.9 Å². The van der Waals surface area contributed by atoms with Crippen LogP contribution in [0.15, 0.2) is 36.4 Å². The van der Waals surface area contributed by atoms with Gasteiger partial charge in [-0.2, -0.15) is 0 Å². The van der Waals surface area contributed by atoms with Crippen molar-refractivity contribution in [2.75, 3.05) is 6.61 Å². The maximum atomic E-state index is 11.7. The Morgan fingerprint density at radius 1 is 1.10 bits per heavy atom. The number of hydrogen-bond donors (Lipinski definition) is 2. The second kappa shape index (κ2) is 7.08. The molecule has 0 amide bonds. The maximum Gasteiger partial charge on any atom is 0.339 e. The first-order chi connectivity index (χ1) is 9.43. The fraction of sp³-hybridized carbons (Fsp3) is 0.214. The Balaban J connectivity index is 2.54. The van der Waals surface area contributed by atoms with Crippen LogP contribution >= 0.6 is 0 Å². The van der Waals surface area contributed by atoms with Crippen LogP contribution in [-0.4, -0.2) is 34.7 Å². The van der Waals surface area contributed by atoms with E-state index < -0.39 is 17.9 Å². The summed E-state index contributed by atoms with van der Waals surface area (Å²) in [7, 11) is 0. The monoisotopic (exact) mass is 278 g/mol. The highest BCUT2D eigenvalue weighted by Gasteiger charge is 2.16. The molecule has 0 saturated heterocycles. The number of ether oxygens (including phenoxy) is 1. The third-order valence-electron chi connectivity index (χ3n) is 2.54. The lowest BCUT2D eigenvalue weighted by Crippen LogP contribution is -2.12. The standard InChI is InChI=1S/C14H14O6/c1-9(12(15)16)5-4-8-20-14(19)11-7-3-2-6-10(11)13(17)18/h2-3,6-7H,1,4-5,8H2,(H,15,16)(H,17,18). The molecule has 0 bridgehead atoms. The van der Waals surface area contributed by atoms with Crippen molar-refractivity contribution < 1.29 is 29.3 Å². The summed E-state index contributed by atoms with van der Waals surface area (Å²) < 4.78 is 4.91. The molecule has 6 heteroatoms. The molecule has 1 aromatic carbocycles. The van der Waals surface area contributed by atoms with E-state index in [0.29, 0.717) is 6.42 Å². The molecule has 0 aromatic heterocycles. The number of carboxylic acids is 2. The molecule has 0 fully saturated rings. The van der Waals surface area contributed by atoms with Gasteiger partial charge in [0.25, 0.3) is 0 Å². The summed E-state index contributed by atoms with van der Waals surface area (Å²) in [5.41, 5.74) is -0.128. The molecule has 6 nitrogen and oxygen atoms in total. The van der Waals surface area contributed by atoms with Crippen molar-refractivity contribution >= 4 is 17.9 Å². The van der Waals surface area contributed by atoms with E-state index in [2.05, 4.69) is 6.58 Å². The fourth-order valence-electron chi connectivity index (χ4n) is 1.48. The molecule has 106 valence electrons. The van der Waals surface area contributed by atoms with Crippen LogP contribution < -0.4 is 0 Å². The Morgan fingerprint density at radius 2 is 1.70 bits per heavy atom. The van der Waals surface area contributed by atoms with Gasteiger partial charge in [-0.15, -0.1) is 0 Å². The van der Waals surface area contributed by atoms with E-state index in [1.807, 2.05) is 0 Å². The number of benzene rings is 1. The zero-order chi connectivity index (χ0) is 15.1. The molecular weight excluding hydrogens is 264 g/mol. The average Bonchev–Trinajstić information content (AvgIpc) is 2.42. The molecule has 2 N–H and O–H groups in total. The van der Waals surface area contributed by atoms with Crippen LogP contribution in [-0.2, 0) is 9.53 Å². The first-order valence-corrected chi connectivity index (χ1v) is 5.84. The lowest BCUT2D eigenvalue weighted by atomic mass is 10.1. The Bertz CT molecular complexity index is 546. The molecular formula is C14H14O6. The van der Waals surface area contributed by atoms with Gasteiger partial charge in [-0.25, -0.2) is 14.4 Å². The summed E-state index contributed by atoms with van der Waals surface area (Å²) in [6.07, 6.45) is 0.509. The molecule has 0 aliphatic rings. The highest BCUT2D eigenvalue weighted by atomic mass is 16.5. The van der Waals surface area contributed by atoms with Crippen LogP contribution in [0.4, 0.5) is 0 Å². The predicted molar refractivity (Wildman–Crippen MR) is 69.7 cm³/mol. The van der Waals surface area contributed by atoms with Crippen molar-refractivity contribution in [3.8, 4) is 0 Å². The Morgan fingerprint density at radius 3 is 2.25 bits per heavy atom. The summed E-state index contributed by atoms with van der Waals surface area (Å²) in [6, 6.07) is 5.72. The Labute approximate surface area is 115 Å². The fourth-order valence-corrected chi connectivity index (χ4v) is 1.48. The largest absolute Gasteiger partial charge is 0.478 e. The zero-order valence-electron chi connectivity index (χ0n) is 10.7. The maximum absolute atomic E-state index is 11.7. The molecule has 20 heavy (non-hydrogen) atoms. The van der Waals surface area contributed by atoms with E-state index in [-0.39, 0.29) is 29.7 Å². The molecule has 0 aliphatic carbocycles. The second-order valence-electron chi connectivity index (χ2n) is 4.00. The topological polar surface area (TPSA) is 101 Å². The molecule has 0 saturated carbocycles. The van der Waals surface area contributed by atoms with Crippen LogP contribution in [0.2, 0.25) is 0 Å². The van der Waals surface area contributed by atoms with Crippen LogP contribution in [0.5, 0.6) is 0 Å². The lowest BCUT2D eigenvalue weighted by molar-refractivity contribution is -0.132. The van der Waals surface area contributed by atoms with Crippen molar-refractivity contribution in [2.24, 2.45) is 0 Å². The lowest BCUT2D eigenvalue weighted by Gasteiger charge is -2.07. The number of carboxylic acid groups (broad SMARTS) is 2. The number of aliphatic carboxylic acids is 1. The van der Waals surface area contributed by atoms with Crippen LogP contribution in [0.25, 0.3) is 0 Å². The highest BCUT2D eigenvalue weighted by Crippen LogP contribution is 2.11. The van der Waals surface area contributed by atoms with E-state index in [1.165, 1.54) is 24.3 Å². The molecule has 0 atom stereocenters. The molecule has 1 rings (SSSR count). The van der Waals surface area contributed by atoms with E-state index >= 15 is 0 Å². The summed E-state index contributed by atoms with van der Waals surface area (Å²) >= 11 is 0. The first kappa shape index (κ1) is 15.4. The van der Waals surface area contributed by atoms with Gasteiger partial charge < -0.3 is 14.9 Å². The van der Waals surface area contributed by atoms with Crippen molar-refractivity contribution in [3.63, 3.8) is 0 Å². The van der Waals surface area contributed by atoms with Gasteiger partial charge in [0, 0.05) is 5.57 Å². The number of carbonyl (C=O) groups is 3. The van der Waals surface area contributed by atoms with Crippen molar-refractivity contribution in [2.45, 2.75) is 12.8 Å². The van der Waals surface area contributed by atoms with Gasteiger partial charge in [-0.1, -0.05) is 18.7 Å². The number of aromatic carboxylic acids is 1. The number of carbonyl (C=O) groups excluding carboxylic acids is 1. The van der Waals surface area contributed by atoms with E-state index in [1.54, 1.807) is 0 Å². The van der Waals surface area contributed by atoms with Crippen LogP contribution in [0.3, 0.4) is 0 Å². The van der Waals surface area contributed by atoms with Crippen LogP contribution in [0.1, 0.15) is 33.6 Å². The van der Waals surface area contributed by atoms with Gasteiger partial charge in [-0.05, 0) is 25.0 Å². The summed E-state index contributed by atoms with van der Waals surface area (Å²) in [6.45, 7) is 3.35.